The van der Waals surface area contributed by atoms with Crippen molar-refractivity contribution in [3.05, 3.63) is 23.8 Å². The fourth-order valence-corrected chi connectivity index (χ4v) is 3.78. The van der Waals surface area contributed by atoms with Crippen molar-refractivity contribution in [2.24, 2.45) is 11.7 Å². The van der Waals surface area contributed by atoms with Crippen LogP contribution in [0.4, 0.5) is 0 Å². The zero-order valence-electron chi connectivity index (χ0n) is 14.8. The Balaban J connectivity index is 1.38. The molecule has 0 aliphatic carbocycles. The summed E-state index contributed by atoms with van der Waals surface area (Å²) in [7, 11) is -1.18. The van der Waals surface area contributed by atoms with Crippen molar-refractivity contribution in [1.82, 2.24) is 4.90 Å². The molecule has 1 aromatic carbocycles. The van der Waals surface area contributed by atoms with E-state index in [1.165, 1.54) is 5.56 Å². The summed E-state index contributed by atoms with van der Waals surface area (Å²) >= 11 is 0. The van der Waals surface area contributed by atoms with E-state index in [1.807, 2.05) is 6.07 Å². The minimum absolute atomic E-state index is 0.225. The second kappa shape index (κ2) is 8.89. The van der Waals surface area contributed by atoms with Crippen molar-refractivity contribution >= 4 is 7.12 Å². The number of unbranched alkanes of at least 4 members (excludes halogenated alkanes) is 1. The van der Waals surface area contributed by atoms with Gasteiger partial charge in [0, 0.05) is 12.6 Å². The van der Waals surface area contributed by atoms with Crippen molar-refractivity contribution in [3.63, 3.8) is 0 Å². The summed E-state index contributed by atoms with van der Waals surface area (Å²) < 4.78 is 10.8. The number of likely N-dealkylation sites (tertiary alicyclic amines) is 1. The number of piperidine rings is 1. The molecule has 0 aromatic heterocycles. The van der Waals surface area contributed by atoms with Crippen LogP contribution in [0.15, 0.2) is 18.2 Å². The van der Waals surface area contributed by atoms with E-state index in [0.717, 1.165) is 63.2 Å². The molecule has 2 aliphatic rings. The summed E-state index contributed by atoms with van der Waals surface area (Å²) in [6.07, 6.45) is 5.48. The van der Waals surface area contributed by atoms with Gasteiger partial charge in [0.15, 0.2) is 11.5 Å². The Bertz CT molecular complexity index is 550. The summed E-state index contributed by atoms with van der Waals surface area (Å²) in [6.45, 7) is 3.40. The molecule has 25 heavy (non-hydrogen) atoms. The van der Waals surface area contributed by atoms with Gasteiger partial charge in [-0.3, -0.25) is 4.90 Å². The Morgan fingerprint density at radius 1 is 1.16 bits per heavy atom. The third-order valence-electron chi connectivity index (χ3n) is 5.33. The lowest BCUT2D eigenvalue weighted by Crippen LogP contribution is -2.40. The van der Waals surface area contributed by atoms with Gasteiger partial charge in [-0.25, -0.2) is 0 Å². The van der Waals surface area contributed by atoms with Gasteiger partial charge in [-0.15, -0.1) is 0 Å². The summed E-state index contributed by atoms with van der Waals surface area (Å²) in [5.41, 5.74) is 7.61. The maximum absolute atomic E-state index is 8.87. The molecular formula is C18H29BN2O4. The predicted octanol–water partition coefficient (Wildman–Crippen LogP) is 1.60. The Morgan fingerprint density at radius 2 is 1.92 bits per heavy atom. The van der Waals surface area contributed by atoms with Crippen molar-refractivity contribution in [3.8, 4) is 11.5 Å². The summed E-state index contributed by atoms with van der Waals surface area (Å²) in [4.78, 5) is 2.48. The van der Waals surface area contributed by atoms with Crippen LogP contribution in [0.3, 0.4) is 0 Å². The normalized spacial score (nSPS) is 19.2. The van der Waals surface area contributed by atoms with E-state index in [2.05, 4.69) is 17.0 Å². The second-order valence-corrected chi connectivity index (χ2v) is 7.23. The largest absolute Gasteiger partial charge is 0.454 e. The molecule has 7 heteroatoms. The van der Waals surface area contributed by atoms with Crippen molar-refractivity contribution in [2.45, 2.75) is 51.0 Å². The summed E-state index contributed by atoms with van der Waals surface area (Å²) in [5.74, 6) is 2.26. The lowest BCUT2D eigenvalue weighted by molar-refractivity contribution is 0.159. The van der Waals surface area contributed by atoms with Crippen molar-refractivity contribution in [2.75, 3.05) is 19.9 Å². The molecule has 2 aliphatic heterocycles. The van der Waals surface area contributed by atoms with Gasteiger partial charge in [-0.05, 0) is 62.3 Å². The van der Waals surface area contributed by atoms with Crippen LogP contribution < -0.4 is 15.2 Å². The molecule has 0 spiro atoms. The third kappa shape index (κ3) is 5.35. The van der Waals surface area contributed by atoms with Crippen LogP contribution in [0, 0.1) is 5.92 Å². The van der Waals surface area contributed by atoms with Crippen LogP contribution in [-0.4, -0.2) is 48.0 Å². The molecular weight excluding hydrogens is 319 g/mol. The molecule has 1 unspecified atom stereocenters. The average molecular weight is 348 g/mol. The lowest BCUT2D eigenvalue weighted by atomic mass is 9.82. The number of nitrogens with zero attached hydrogens (tertiary/aromatic N) is 1. The maximum atomic E-state index is 8.87. The van der Waals surface area contributed by atoms with Gasteiger partial charge in [0.05, 0.1) is 0 Å². The highest BCUT2D eigenvalue weighted by Gasteiger charge is 2.24. The van der Waals surface area contributed by atoms with Crippen LogP contribution in [-0.2, 0) is 6.54 Å². The molecule has 4 N–H and O–H groups in total. The van der Waals surface area contributed by atoms with Crippen LogP contribution in [0.1, 0.15) is 37.7 Å². The van der Waals surface area contributed by atoms with E-state index < -0.39 is 7.12 Å². The molecule has 0 amide bonds. The molecule has 1 saturated heterocycles. The van der Waals surface area contributed by atoms with Gasteiger partial charge >= 0.3 is 7.12 Å². The number of rotatable bonds is 8. The maximum Gasteiger partial charge on any atom is 0.451 e. The van der Waals surface area contributed by atoms with Crippen molar-refractivity contribution in [1.29, 1.82) is 0 Å². The van der Waals surface area contributed by atoms with E-state index in [0.29, 0.717) is 19.0 Å². The minimum atomic E-state index is -1.18. The highest BCUT2D eigenvalue weighted by molar-refractivity contribution is 6.40. The van der Waals surface area contributed by atoms with E-state index >= 15 is 0 Å². The van der Waals surface area contributed by atoms with Gasteiger partial charge in [0.2, 0.25) is 6.79 Å². The topological polar surface area (TPSA) is 88.2 Å². The van der Waals surface area contributed by atoms with E-state index in [-0.39, 0.29) is 6.04 Å². The fraction of sp³-hybridized carbons (Fsp3) is 0.667. The van der Waals surface area contributed by atoms with Gasteiger partial charge in [0.1, 0.15) is 0 Å². The first kappa shape index (κ1) is 18.5. The quantitative estimate of drug-likeness (QED) is 0.489. The molecule has 0 saturated carbocycles. The fourth-order valence-electron chi connectivity index (χ4n) is 3.78. The van der Waals surface area contributed by atoms with Crippen LogP contribution in [0.25, 0.3) is 0 Å². The van der Waals surface area contributed by atoms with Gasteiger partial charge in [-0.2, -0.15) is 0 Å². The molecule has 1 atom stereocenters. The Labute approximate surface area is 150 Å². The zero-order chi connectivity index (χ0) is 17.6. The molecule has 0 bridgehead atoms. The zero-order valence-corrected chi connectivity index (χ0v) is 14.8. The monoisotopic (exact) mass is 348 g/mol. The molecule has 0 radical (unpaired) electrons. The van der Waals surface area contributed by atoms with Crippen molar-refractivity contribution < 1.29 is 19.5 Å². The smallest absolute Gasteiger partial charge is 0.451 e. The molecule has 3 rings (SSSR count). The minimum Gasteiger partial charge on any atom is -0.454 e. The Hall–Kier alpha value is -1.28. The molecule has 1 fully saturated rings. The van der Waals surface area contributed by atoms with Gasteiger partial charge < -0.3 is 25.3 Å². The van der Waals surface area contributed by atoms with Gasteiger partial charge in [0.25, 0.3) is 0 Å². The first-order chi connectivity index (χ1) is 12.1. The number of nitrogens with two attached hydrogens (primary N) is 1. The van der Waals surface area contributed by atoms with E-state index in [9.17, 15) is 0 Å². The van der Waals surface area contributed by atoms with Crippen LogP contribution in [0.2, 0.25) is 6.32 Å². The highest BCUT2D eigenvalue weighted by atomic mass is 16.7. The van der Waals surface area contributed by atoms with E-state index in [1.54, 1.807) is 0 Å². The molecule has 138 valence electrons. The van der Waals surface area contributed by atoms with E-state index in [4.69, 9.17) is 25.3 Å². The Morgan fingerprint density at radius 3 is 2.68 bits per heavy atom. The molecule has 2 heterocycles. The summed E-state index contributed by atoms with van der Waals surface area (Å²) in [6, 6.07) is 6.41. The summed E-state index contributed by atoms with van der Waals surface area (Å²) in [5, 5.41) is 17.7. The highest BCUT2D eigenvalue weighted by Crippen LogP contribution is 2.33. The Kier molecular flexibility index (Phi) is 6.59. The number of hydrogen-bond donors (Lipinski definition) is 3. The third-order valence-corrected chi connectivity index (χ3v) is 5.33. The number of hydrogen-bond acceptors (Lipinski definition) is 6. The number of fused-ring (bicyclic) bond motifs is 1. The number of ether oxygens (including phenoxy) is 2. The first-order valence-electron chi connectivity index (χ1n) is 9.34. The second-order valence-electron chi connectivity index (χ2n) is 7.23. The first-order valence-corrected chi connectivity index (χ1v) is 9.34. The average Bonchev–Trinajstić information content (AvgIpc) is 3.07. The van der Waals surface area contributed by atoms with Crippen LogP contribution in [0.5, 0.6) is 11.5 Å². The number of benzene rings is 1. The molecule has 6 nitrogen and oxygen atoms in total. The predicted molar refractivity (Wildman–Crippen MR) is 97.4 cm³/mol. The lowest BCUT2D eigenvalue weighted by Gasteiger charge is -2.35. The standard InChI is InChI=1S/C18H29BN2O4/c20-16(3-1-2-8-19(22)23)15-6-9-21(10-7-15)12-14-4-5-17-18(11-14)25-13-24-17/h4-5,11,15-16,22-23H,1-3,6-10,12-13,20H2. The van der Waals surface area contributed by atoms with Crippen LogP contribution >= 0.6 is 0 Å². The molecule has 1 aromatic rings. The van der Waals surface area contributed by atoms with Gasteiger partial charge in [-0.1, -0.05) is 18.9 Å². The SMILES string of the molecule is NC(CCCCB(O)O)C1CCN(Cc2ccc3c(c2)OCO3)CC1.